The van der Waals surface area contributed by atoms with Crippen molar-refractivity contribution in [2.24, 2.45) is 5.73 Å². The summed E-state index contributed by atoms with van der Waals surface area (Å²) < 4.78 is 11.3. The quantitative estimate of drug-likeness (QED) is 0.131. The number of halogens is 1. The van der Waals surface area contributed by atoms with Crippen LogP contribution < -0.4 is 11.2 Å². The van der Waals surface area contributed by atoms with E-state index in [2.05, 4.69) is 10.6 Å². The maximum Gasteiger partial charge on any atom is 0.433 e. The molecule has 0 saturated heterocycles. The highest BCUT2D eigenvalue weighted by molar-refractivity contribution is 6.29. The number of rotatable bonds is 1. The molecule has 0 heterocycles. The highest BCUT2D eigenvalue weighted by Crippen LogP contribution is 1.76. The molecule has 0 atom stereocenters. The van der Waals surface area contributed by atoms with Crippen molar-refractivity contribution in [2.75, 3.05) is 0 Å². The van der Waals surface area contributed by atoms with E-state index in [0.717, 1.165) is 0 Å². The maximum atomic E-state index is 11.3. The summed E-state index contributed by atoms with van der Waals surface area (Å²) in [4.78, 5) is 23.0. The summed E-state index contributed by atoms with van der Waals surface area (Å²) in [5.74, 6) is -2.44. The van der Waals surface area contributed by atoms with Crippen LogP contribution in [0.2, 0.25) is 0 Å². The van der Waals surface area contributed by atoms with Gasteiger partial charge < -0.3 is 16.0 Å². The van der Waals surface area contributed by atoms with Gasteiger partial charge >= 0.3 is 12.0 Å². The lowest BCUT2D eigenvalue weighted by Gasteiger charge is -1.98. The Hall–Kier alpha value is -1.70. The van der Waals surface area contributed by atoms with E-state index in [-0.39, 0.29) is 5.48 Å². The lowest BCUT2D eigenvalue weighted by atomic mass is 10.7. The zero-order valence-corrected chi connectivity index (χ0v) is 5.18. The summed E-state index contributed by atoms with van der Waals surface area (Å²) >= 11 is 0. The first-order chi connectivity index (χ1) is 4.54. The molecule has 0 radical (unpaired) electrons. The topological polar surface area (TPSA) is 137 Å². The van der Waals surface area contributed by atoms with Gasteiger partial charge in [0.15, 0.2) is 0 Å². The monoisotopic (exact) mass is 167 g/mol. The number of guanidine groups is 1. The fraction of sp³-hybridized carbons (Fsp3) is 0. The second kappa shape index (κ2) is 5.11. The second-order valence-corrected chi connectivity index (χ2v) is 1.18. The van der Waals surface area contributed by atoms with Crippen molar-refractivity contribution in [3.05, 3.63) is 0 Å². The molecule has 64 valence electrons. The molecule has 0 aromatic heterocycles. The molecule has 0 aromatic rings. The van der Waals surface area contributed by atoms with Crippen molar-refractivity contribution < 1.29 is 24.3 Å². The van der Waals surface area contributed by atoms with E-state index in [1.165, 1.54) is 5.48 Å². The van der Waals surface area contributed by atoms with Crippen LogP contribution in [0.25, 0.3) is 0 Å². The minimum atomic E-state index is -2.26. The Kier molecular flexibility index (Phi) is 5.59. The van der Waals surface area contributed by atoms with E-state index in [9.17, 15) is 14.0 Å². The average Bonchev–Trinajstić information content (AvgIpc) is 1.82. The van der Waals surface area contributed by atoms with Crippen LogP contribution in [0, 0.1) is 5.41 Å². The zero-order valence-electron chi connectivity index (χ0n) is 5.18. The minimum absolute atomic E-state index is 0. The zero-order chi connectivity index (χ0) is 8.15. The molecule has 0 amide bonds. The smallest absolute Gasteiger partial charge is 0.412 e. The van der Waals surface area contributed by atoms with Crippen LogP contribution in [0.3, 0.4) is 0 Å². The molecule has 0 rings (SSSR count). The standard InChI is InChI=1S/C3H4FN3O3.H2O/c4-1(8)2(9)10-7-3(5)6;/h(H4,5,6,7);1H2. The number of hydrogen-bond donors (Lipinski definition) is 3. The molecule has 0 bridgehead atoms. The predicted molar refractivity (Wildman–Crippen MR) is 30.9 cm³/mol. The largest absolute Gasteiger partial charge is 0.433 e. The Balaban J connectivity index is 0. The number of carbonyl (C=O) groups excluding carboxylic acids is 2. The number of hydroxylamine groups is 1. The predicted octanol–water partition coefficient (Wildman–Crippen LogP) is -2.40. The van der Waals surface area contributed by atoms with E-state index < -0.39 is 18.0 Å². The number of nitrogens with two attached hydrogens (primary N) is 1. The molecule has 6 N–H and O–H groups in total. The van der Waals surface area contributed by atoms with Crippen LogP contribution in [0.1, 0.15) is 0 Å². The van der Waals surface area contributed by atoms with E-state index in [1.807, 2.05) is 0 Å². The average molecular weight is 167 g/mol. The highest BCUT2D eigenvalue weighted by Gasteiger charge is 2.13. The molecule has 7 nitrogen and oxygen atoms in total. The molecule has 0 aromatic carbocycles. The normalized spacial score (nSPS) is 7.36. The van der Waals surface area contributed by atoms with Crippen LogP contribution in [0.4, 0.5) is 4.39 Å². The Labute approximate surface area is 60.1 Å². The summed E-state index contributed by atoms with van der Waals surface area (Å²) in [6.07, 6.45) is 0. The van der Waals surface area contributed by atoms with E-state index in [4.69, 9.17) is 5.41 Å². The molecular weight excluding hydrogens is 161 g/mol. The van der Waals surface area contributed by atoms with Crippen molar-refractivity contribution in [2.45, 2.75) is 0 Å². The first-order valence-corrected chi connectivity index (χ1v) is 2.04. The van der Waals surface area contributed by atoms with Crippen LogP contribution in [0.5, 0.6) is 0 Å². The van der Waals surface area contributed by atoms with Gasteiger partial charge in [-0.2, -0.15) is 9.87 Å². The Morgan fingerprint density at radius 2 is 2.00 bits per heavy atom. The molecule has 0 fully saturated rings. The molecule has 0 aliphatic carbocycles. The third kappa shape index (κ3) is 6.18. The minimum Gasteiger partial charge on any atom is -0.412 e. The number of nitrogens with one attached hydrogen (secondary N) is 2. The van der Waals surface area contributed by atoms with E-state index in [1.54, 1.807) is 0 Å². The van der Waals surface area contributed by atoms with Gasteiger partial charge in [-0.05, 0) is 0 Å². The van der Waals surface area contributed by atoms with Crippen molar-refractivity contribution in [1.82, 2.24) is 5.48 Å². The Morgan fingerprint density at radius 3 is 2.27 bits per heavy atom. The number of hydrogen-bond acceptors (Lipinski definition) is 4. The van der Waals surface area contributed by atoms with Gasteiger partial charge in [0.1, 0.15) is 0 Å². The first kappa shape index (κ1) is 12.0. The summed E-state index contributed by atoms with van der Waals surface area (Å²) in [6.45, 7) is 0. The summed E-state index contributed by atoms with van der Waals surface area (Å²) in [7, 11) is 0. The number of carbonyl (C=O) groups is 2. The van der Waals surface area contributed by atoms with Crippen molar-refractivity contribution >= 4 is 18.0 Å². The second-order valence-electron chi connectivity index (χ2n) is 1.18. The molecular formula is C3H6FN3O4. The lowest BCUT2D eigenvalue weighted by molar-refractivity contribution is -0.162. The van der Waals surface area contributed by atoms with E-state index >= 15 is 0 Å². The maximum absolute atomic E-state index is 11.3. The van der Waals surface area contributed by atoms with Gasteiger partial charge in [0.2, 0.25) is 5.96 Å². The Bertz CT molecular complexity index is 181. The van der Waals surface area contributed by atoms with Crippen molar-refractivity contribution in [1.29, 1.82) is 5.41 Å². The van der Waals surface area contributed by atoms with Gasteiger partial charge in [0.05, 0.1) is 0 Å². The molecule has 0 aliphatic heterocycles. The first-order valence-electron chi connectivity index (χ1n) is 2.04. The third-order valence-corrected chi connectivity index (χ3v) is 0.414. The molecule has 0 aliphatic rings. The molecule has 8 heteroatoms. The van der Waals surface area contributed by atoms with Gasteiger partial charge in [-0.25, -0.2) is 9.59 Å². The fourth-order valence-corrected chi connectivity index (χ4v) is 0.141. The summed E-state index contributed by atoms with van der Waals surface area (Å²) in [5.41, 5.74) is 6.08. The molecule has 0 spiro atoms. The van der Waals surface area contributed by atoms with Gasteiger partial charge in [0, 0.05) is 0 Å². The summed E-state index contributed by atoms with van der Waals surface area (Å²) in [5, 5.41) is 6.38. The molecule has 11 heavy (non-hydrogen) atoms. The summed E-state index contributed by atoms with van der Waals surface area (Å²) in [6, 6.07) is -2.26. The van der Waals surface area contributed by atoms with Crippen LogP contribution in [-0.4, -0.2) is 23.4 Å². The fourth-order valence-electron chi connectivity index (χ4n) is 0.141. The SMILES string of the molecule is N=C(N)NOC(=O)C(=O)F.O. The third-order valence-electron chi connectivity index (χ3n) is 0.414. The van der Waals surface area contributed by atoms with Crippen LogP contribution >= 0.6 is 0 Å². The molecule has 0 saturated carbocycles. The van der Waals surface area contributed by atoms with E-state index in [0.29, 0.717) is 0 Å². The van der Waals surface area contributed by atoms with Crippen LogP contribution in [-0.2, 0) is 14.4 Å². The van der Waals surface area contributed by atoms with Crippen molar-refractivity contribution in [3.63, 3.8) is 0 Å². The van der Waals surface area contributed by atoms with Crippen LogP contribution in [0.15, 0.2) is 0 Å². The van der Waals surface area contributed by atoms with Gasteiger partial charge in [0.25, 0.3) is 0 Å². The van der Waals surface area contributed by atoms with Crippen molar-refractivity contribution in [3.8, 4) is 0 Å². The van der Waals surface area contributed by atoms with Gasteiger partial charge in [-0.15, -0.1) is 0 Å². The lowest BCUT2D eigenvalue weighted by Crippen LogP contribution is -2.34. The highest BCUT2D eigenvalue weighted by atomic mass is 19.1. The molecule has 0 unspecified atom stereocenters. The van der Waals surface area contributed by atoms with Gasteiger partial charge in [-0.1, -0.05) is 0 Å². The van der Waals surface area contributed by atoms with Gasteiger partial charge in [-0.3, -0.25) is 5.41 Å². The Morgan fingerprint density at radius 1 is 1.55 bits per heavy atom.